The van der Waals surface area contributed by atoms with E-state index < -0.39 is 12.1 Å². The minimum absolute atomic E-state index is 0.246. The lowest BCUT2D eigenvalue weighted by molar-refractivity contribution is -0.185. The highest BCUT2D eigenvalue weighted by Gasteiger charge is 2.41. The highest BCUT2D eigenvalue weighted by Crippen LogP contribution is 2.21. The Labute approximate surface area is 267 Å². The van der Waals surface area contributed by atoms with Crippen molar-refractivity contribution in [2.24, 2.45) is 0 Å². The molecule has 0 atom stereocenters. The molecule has 0 aromatic carbocycles. The van der Waals surface area contributed by atoms with Gasteiger partial charge in [-0.05, 0) is 12.8 Å². The second-order valence-corrected chi connectivity index (χ2v) is 13.4. The summed E-state index contributed by atoms with van der Waals surface area (Å²) in [5, 5.41) is 0. The molecule has 0 N–H and O–H groups in total. The molecule has 43 heavy (non-hydrogen) atoms. The second-order valence-electron chi connectivity index (χ2n) is 13.4. The third-order valence-corrected chi connectivity index (χ3v) is 9.09. The normalized spacial score (nSPS) is 11.8. The minimum Gasteiger partial charge on any atom is -0.335 e. The fourth-order valence-corrected chi connectivity index (χ4v) is 6.20. The van der Waals surface area contributed by atoms with E-state index in [2.05, 4.69) is 13.8 Å². The van der Waals surface area contributed by atoms with Gasteiger partial charge in [-0.15, -0.1) is 0 Å². The van der Waals surface area contributed by atoms with Gasteiger partial charge in [0.25, 0.3) is 0 Å². The van der Waals surface area contributed by atoms with Gasteiger partial charge in [0, 0.05) is 13.1 Å². The molecule has 0 radical (unpaired) electrons. The van der Waals surface area contributed by atoms with Crippen LogP contribution in [0.15, 0.2) is 0 Å². The van der Waals surface area contributed by atoms with Crippen LogP contribution < -0.4 is 0 Å². The molecule has 2 nitrogen and oxygen atoms in total. The zero-order valence-corrected chi connectivity index (χ0v) is 29.0. The maximum absolute atomic E-state index is 13.1. The van der Waals surface area contributed by atoms with Crippen molar-refractivity contribution in [3.8, 4) is 0 Å². The Morgan fingerprint density at radius 1 is 0.372 bits per heavy atom. The van der Waals surface area contributed by atoms with Crippen molar-refractivity contribution in [2.45, 2.75) is 225 Å². The summed E-state index contributed by atoms with van der Waals surface area (Å²) in [4.78, 5) is 13.0. The Hall–Kier alpha value is -0.740. The zero-order valence-electron chi connectivity index (χ0n) is 29.0. The van der Waals surface area contributed by atoms with Crippen LogP contribution in [0.4, 0.5) is 13.2 Å². The molecule has 0 saturated heterocycles. The van der Waals surface area contributed by atoms with Crippen LogP contribution in [0.3, 0.4) is 0 Å². The Morgan fingerprint density at radius 3 is 0.744 bits per heavy atom. The number of halogens is 3. The molecule has 258 valence electrons. The van der Waals surface area contributed by atoms with Crippen molar-refractivity contribution in [2.75, 3.05) is 13.1 Å². The Kier molecular flexibility index (Phi) is 32.1. The molecule has 0 heterocycles. The number of amides is 1. The van der Waals surface area contributed by atoms with Gasteiger partial charge in [0.05, 0.1) is 0 Å². The molecule has 5 heteroatoms. The van der Waals surface area contributed by atoms with Gasteiger partial charge in [-0.2, -0.15) is 13.2 Å². The minimum atomic E-state index is -4.76. The van der Waals surface area contributed by atoms with Gasteiger partial charge in [-0.25, -0.2) is 0 Å². The van der Waals surface area contributed by atoms with E-state index >= 15 is 0 Å². The van der Waals surface area contributed by atoms with Gasteiger partial charge in [-0.1, -0.05) is 206 Å². The smallest absolute Gasteiger partial charge is 0.335 e. The first-order valence-corrected chi connectivity index (χ1v) is 19.3. The quantitative estimate of drug-likeness (QED) is 0.0658. The Balaban J connectivity index is 3.70. The summed E-state index contributed by atoms with van der Waals surface area (Å²) >= 11 is 0. The topological polar surface area (TPSA) is 20.3 Å². The van der Waals surface area contributed by atoms with E-state index in [4.69, 9.17) is 0 Å². The number of nitrogens with zero attached hydrogens (tertiary/aromatic N) is 1. The van der Waals surface area contributed by atoms with Gasteiger partial charge in [-0.3, -0.25) is 4.79 Å². The van der Waals surface area contributed by atoms with E-state index in [0.29, 0.717) is 12.8 Å². The summed E-state index contributed by atoms with van der Waals surface area (Å²) in [6.45, 7) is 5.01. The van der Waals surface area contributed by atoms with Crippen LogP contribution in [-0.4, -0.2) is 30.1 Å². The first kappa shape index (κ1) is 42.3. The van der Waals surface area contributed by atoms with Crippen LogP contribution in [0, 0.1) is 0 Å². The molecular formula is C38H74F3NO. The Bertz CT molecular complexity index is 530. The van der Waals surface area contributed by atoms with Gasteiger partial charge in [0.1, 0.15) is 0 Å². The van der Waals surface area contributed by atoms with Crippen LogP contribution in [0.2, 0.25) is 0 Å². The summed E-state index contributed by atoms with van der Waals surface area (Å²) in [5.74, 6) is -1.64. The number of hydrogen-bond donors (Lipinski definition) is 0. The number of carbonyl (C=O) groups is 1. The first-order valence-electron chi connectivity index (χ1n) is 19.3. The summed E-state index contributed by atoms with van der Waals surface area (Å²) < 4.78 is 39.4. The molecule has 0 rings (SSSR count). The molecule has 0 fully saturated rings. The van der Waals surface area contributed by atoms with Gasteiger partial charge in [0.15, 0.2) is 0 Å². The predicted octanol–water partition coefficient (Wildman–Crippen LogP) is 13.9. The van der Waals surface area contributed by atoms with Crippen molar-refractivity contribution < 1.29 is 18.0 Å². The highest BCUT2D eigenvalue weighted by molar-refractivity contribution is 5.81. The summed E-state index contributed by atoms with van der Waals surface area (Å²) in [5.41, 5.74) is 0. The monoisotopic (exact) mass is 618 g/mol. The van der Waals surface area contributed by atoms with Crippen LogP contribution >= 0.6 is 0 Å². The molecule has 0 aliphatic rings. The van der Waals surface area contributed by atoms with Crippen molar-refractivity contribution in [3.63, 3.8) is 0 Å². The molecule has 0 aromatic heterocycles. The number of carbonyl (C=O) groups excluding carboxylic acids is 1. The van der Waals surface area contributed by atoms with Gasteiger partial charge >= 0.3 is 12.1 Å². The second kappa shape index (κ2) is 32.6. The van der Waals surface area contributed by atoms with Crippen LogP contribution in [0.5, 0.6) is 0 Å². The lowest BCUT2D eigenvalue weighted by atomic mass is 10.0. The third-order valence-electron chi connectivity index (χ3n) is 9.09. The molecule has 1 amide bonds. The van der Waals surface area contributed by atoms with Crippen LogP contribution in [0.25, 0.3) is 0 Å². The van der Waals surface area contributed by atoms with Gasteiger partial charge < -0.3 is 4.90 Å². The number of unbranched alkanes of at least 4 members (excludes halogenated alkanes) is 30. The SMILES string of the molecule is CCCCCCCCCCCCCCCCCCN(CCCCCCCCCCCCCCCCCC)C(=O)C(F)(F)F. The molecule has 0 bridgehead atoms. The standard InChI is InChI=1S/C38H74F3NO/c1-3-5-7-9-11-13-15-17-19-21-23-25-27-29-31-33-35-42(37(43)38(39,40)41)36-34-32-30-28-26-24-22-20-18-16-14-12-10-8-6-4-2/h3-36H2,1-2H3. The van der Waals surface area contributed by atoms with E-state index in [1.807, 2.05) is 0 Å². The van der Waals surface area contributed by atoms with E-state index in [9.17, 15) is 18.0 Å². The number of hydrogen-bond acceptors (Lipinski definition) is 1. The predicted molar refractivity (Wildman–Crippen MR) is 182 cm³/mol. The van der Waals surface area contributed by atoms with Crippen molar-refractivity contribution in [1.29, 1.82) is 0 Å². The molecule has 0 unspecified atom stereocenters. The van der Waals surface area contributed by atoms with Crippen molar-refractivity contribution >= 4 is 5.91 Å². The summed E-state index contributed by atoms with van der Waals surface area (Å²) in [6, 6.07) is 0. The maximum atomic E-state index is 13.1. The summed E-state index contributed by atoms with van der Waals surface area (Å²) in [6.07, 6.45) is 35.1. The summed E-state index contributed by atoms with van der Waals surface area (Å²) in [7, 11) is 0. The van der Waals surface area contributed by atoms with E-state index in [-0.39, 0.29) is 13.1 Å². The molecule has 0 saturated carbocycles. The largest absolute Gasteiger partial charge is 0.471 e. The first-order chi connectivity index (χ1) is 20.9. The number of rotatable bonds is 34. The fourth-order valence-electron chi connectivity index (χ4n) is 6.20. The van der Waals surface area contributed by atoms with E-state index in [1.165, 1.54) is 154 Å². The van der Waals surface area contributed by atoms with Crippen molar-refractivity contribution in [3.05, 3.63) is 0 Å². The van der Waals surface area contributed by atoms with Crippen LogP contribution in [0.1, 0.15) is 219 Å². The molecule has 0 aliphatic heterocycles. The average molecular weight is 618 g/mol. The zero-order chi connectivity index (χ0) is 31.7. The lowest BCUT2D eigenvalue weighted by Gasteiger charge is -2.23. The Morgan fingerprint density at radius 2 is 0.558 bits per heavy atom. The fraction of sp³-hybridized carbons (Fsp3) is 0.974. The number of alkyl halides is 3. The van der Waals surface area contributed by atoms with Crippen LogP contribution in [-0.2, 0) is 4.79 Å². The molecule has 0 aliphatic carbocycles. The highest BCUT2D eigenvalue weighted by atomic mass is 19.4. The van der Waals surface area contributed by atoms with E-state index in [0.717, 1.165) is 43.4 Å². The molecular weight excluding hydrogens is 543 g/mol. The van der Waals surface area contributed by atoms with Gasteiger partial charge in [0.2, 0.25) is 0 Å². The molecule has 0 spiro atoms. The molecule has 0 aromatic rings. The van der Waals surface area contributed by atoms with E-state index in [1.54, 1.807) is 0 Å². The van der Waals surface area contributed by atoms with Crippen molar-refractivity contribution in [1.82, 2.24) is 4.90 Å². The lowest BCUT2D eigenvalue weighted by Crippen LogP contribution is -2.42. The maximum Gasteiger partial charge on any atom is 0.471 e. The average Bonchev–Trinajstić information content (AvgIpc) is 2.98. The third kappa shape index (κ3) is 31.0.